The monoisotopic (exact) mass is 1890 g/mol. The summed E-state index contributed by atoms with van der Waals surface area (Å²) >= 11 is 7.75. The van der Waals surface area contributed by atoms with Crippen LogP contribution in [0.15, 0.2) is 30.3 Å². The predicted octanol–water partition coefficient (Wildman–Crippen LogP) is 16.4. The van der Waals surface area contributed by atoms with Crippen LogP contribution in [-0.4, -0.2) is 219 Å². The van der Waals surface area contributed by atoms with Gasteiger partial charge in [-0.2, -0.15) is 0 Å². The molecule has 0 aromatic carbocycles. The number of hydrogen-bond donors (Lipinski definition) is 2. The average molecular weight is 1890 g/mol. The molecule has 3 N–H and O–H groups in total. The van der Waals surface area contributed by atoms with Gasteiger partial charge in [-0.25, -0.2) is 54.6 Å². The number of ether oxygens (including phenoxy) is 1. The Morgan fingerprint density at radius 3 is 0.872 bits per heavy atom. The molecule has 10 aromatic rings. The van der Waals surface area contributed by atoms with Crippen molar-refractivity contribution in [3.63, 3.8) is 0 Å². The van der Waals surface area contributed by atoms with Crippen molar-refractivity contribution in [1.82, 2.24) is 84.1 Å². The van der Waals surface area contributed by atoms with E-state index in [2.05, 4.69) is 72.6 Å². The molecular weight excluding hydrogens is 1780 g/mol. The van der Waals surface area contributed by atoms with Crippen LogP contribution >= 0.6 is 56.7 Å². The van der Waals surface area contributed by atoms with Gasteiger partial charge >= 0.3 is 5.97 Å². The largest absolute Gasteiger partial charge is 0.476 e. The number of pyridine rings is 5. The lowest BCUT2D eigenvalue weighted by molar-refractivity contribution is 0.0297. The molecule has 16 heterocycles. The van der Waals surface area contributed by atoms with E-state index in [0.29, 0.717) is 134 Å². The molecule has 0 bridgehead atoms. The minimum atomic E-state index is -1.16. The van der Waals surface area contributed by atoms with E-state index in [1.54, 1.807) is 57.9 Å². The maximum atomic E-state index is 13.4. The summed E-state index contributed by atoms with van der Waals surface area (Å²) in [5.41, 5.74) is 20.7. The van der Waals surface area contributed by atoms with Gasteiger partial charge < -0.3 is 49.9 Å². The number of carbonyl (C=O) groups is 10. The van der Waals surface area contributed by atoms with Crippen LogP contribution in [0.25, 0.3) is 52.9 Å². The highest BCUT2D eigenvalue weighted by molar-refractivity contribution is 7.16. The Morgan fingerprint density at radius 2 is 0.624 bits per heavy atom. The van der Waals surface area contributed by atoms with E-state index >= 15 is 0 Å². The number of hydrogen-bond acceptors (Lipinski definition) is 26. The fourth-order valence-electron chi connectivity index (χ4n) is 19.2. The number of carbonyl (C=O) groups excluding carboxylic acids is 9. The first-order chi connectivity index (χ1) is 63.3. The van der Waals surface area contributed by atoms with Gasteiger partial charge in [0, 0.05) is 96.5 Å². The lowest BCUT2D eigenvalue weighted by Gasteiger charge is -2.27. The molecule has 6 aliphatic heterocycles. The van der Waals surface area contributed by atoms with Crippen molar-refractivity contribution in [3.8, 4) is 52.9 Å². The van der Waals surface area contributed by atoms with Crippen molar-refractivity contribution in [2.45, 2.75) is 244 Å². The number of Topliss-reactive ketones (excluding diaryl/α,β-unsaturated/α-hetero) is 1. The van der Waals surface area contributed by atoms with Crippen LogP contribution in [-0.2, 0) is 37.5 Å². The molecule has 0 spiro atoms. The highest BCUT2D eigenvalue weighted by atomic mass is 32.1. The third kappa shape index (κ3) is 18.7. The van der Waals surface area contributed by atoms with Crippen LogP contribution in [0.1, 0.15) is 298 Å². The molecule has 10 aromatic heterocycles. The fraction of sp³-hybridized carbons (Fsp3) is 0.490. The number of carboxylic acids is 1. The van der Waals surface area contributed by atoms with Crippen molar-refractivity contribution in [1.29, 1.82) is 0 Å². The van der Waals surface area contributed by atoms with Gasteiger partial charge in [0.1, 0.15) is 22.8 Å². The molecule has 8 amide bonds. The van der Waals surface area contributed by atoms with Gasteiger partial charge in [-0.1, -0.05) is 6.92 Å². The zero-order chi connectivity index (χ0) is 94.8. The Kier molecular flexibility index (Phi) is 26.2. The number of aryl methyl sites for hydroxylation is 10. The molecule has 696 valence electrons. The number of morpholine rings is 1. The van der Waals surface area contributed by atoms with E-state index in [0.717, 1.165) is 148 Å². The molecule has 0 unspecified atom stereocenters. The Hall–Kier alpha value is -11.2. The van der Waals surface area contributed by atoms with Gasteiger partial charge in [0.25, 0.3) is 47.3 Å². The second-order valence-electron chi connectivity index (χ2n) is 37.3. The number of nitrogens with zero attached hydrogens (tertiary/aromatic N) is 17. The number of nitrogens with two attached hydrogens (primary N) is 1. The molecular formula is C98H112N18O12S5. The molecule has 5 saturated carbocycles. The lowest BCUT2D eigenvalue weighted by Crippen LogP contribution is -2.42. The SMILES string of the molecule is CCC(=O)c1nc(-c2sc(C)nc2C)cc2c1C(=O)N([C@@H](C)C1CC1)C2.Cc1nc(C)c(-c2cc3c(c(C(=O)N(C)C)n2)C(=O)N([C@@H](C)C2CC2)C3)s1.Cc1nc(C)c(-c2cc3c(c(C(=O)N4CCOCC4)n2)C(=O)N([C@@H](C)C2CC2)C3)s1.Cc1nc(C)c(-c2cc3c(c(C(=O)O)n2)C(=O)N([C@@H](C)C2CC2)C3)s1.Cc1nc(C)c(-c2cc3c(c(C(N)=O)n2)C(=O)N([C@@H](C)C2CC2)C3)s1. The van der Waals surface area contributed by atoms with Crippen LogP contribution in [0.4, 0.5) is 0 Å². The average Bonchev–Trinajstić information content (AvgIpc) is 1.62. The van der Waals surface area contributed by atoms with Crippen molar-refractivity contribution in [2.75, 3.05) is 40.4 Å². The molecule has 0 radical (unpaired) electrons. The normalized spacial score (nSPS) is 18.1. The number of rotatable bonds is 21. The zero-order valence-corrected chi connectivity index (χ0v) is 82.5. The standard InChI is InChI=1S/C22H26N4O3S.C20H24N4O2S.C20H23N3O2S.C18H20N4O2S.C18H19N3O3S/c1-12-20(30-14(3)23-12)17-10-16-11-26(13(2)15-4-5-15)21(27)18(16)19(24-17)22(28)25-6-8-29-9-7-25;1-10-18(27-12(3)21-10)15-8-14-9-24(11(2)13-6-7-13)19(25)16(14)17(22-15)20(26)23(4)5;1-5-16(24)18-17-14(9-23(20(17)25)11(3)13-6-7-13)8-15(22-18)19-10(2)21-12(4)26-19;1-8-16(25-10(3)20-8)13-6-12-7-22(9(2)11-4-5-11)18(24)14(12)15(21-13)17(19)23;1-8-16(25-10(3)19-8)13-6-12-7-21(9(2)11-4-5-11)17(22)14(12)15(20-13)18(23)24/h10,13,15H,4-9,11H2,1-3H3;8,11,13H,6-7,9H2,1-5H3;8,11,13H,5-7,9H2,1-4H3;6,9,11H,4-5,7H2,1-3H3,(H2,19,23);6,9,11H,4-5,7H2,1-3H3,(H,23,24)/t13-;2*11-;2*9-/m00000/s1. The summed E-state index contributed by atoms with van der Waals surface area (Å²) in [6, 6.07) is 10.6. The summed E-state index contributed by atoms with van der Waals surface area (Å²) in [4.78, 5) is 190. The second kappa shape index (κ2) is 37.2. The van der Waals surface area contributed by atoms with E-state index in [1.165, 1.54) is 66.1 Å². The lowest BCUT2D eigenvalue weighted by atomic mass is 10.0. The van der Waals surface area contributed by atoms with Gasteiger partial charge in [-0.05, 0) is 256 Å². The summed E-state index contributed by atoms with van der Waals surface area (Å²) in [5.74, 6) is 0.0464. The Morgan fingerprint density at radius 1 is 0.383 bits per heavy atom. The van der Waals surface area contributed by atoms with Gasteiger partial charge in [-0.15, -0.1) is 56.7 Å². The first kappa shape index (κ1) is 93.6. The molecule has 133 heavy (non-hydrogen) atoms. The maximum absolute atomic E-state index is 13.4. The minimum Gasteiger partial charge on any atom is -0.476 e. The number of thiazole rings is 5. The summed E-state index contributed by atoms with van der Waals surface area (Å²) < 4.78 is 5.40. The van der Waals surface area contributed by atoms with E-state index in [-0.39, 0.29) is 106 Å². The molecule has 5 atom stereocenters. The van der Waals surface area contributed by atoms with Crippen molar-refractivity contribution < 1.29 is 57.8 Å². The van der Waals surface area contributed by atoms with Gasteiger partial charge in [-0.3, -0.25) is 43.2 Å². The number of primary amides is 1. The number of aromatic carboxylic acids is 1. The van der Waals surface area contributed by atoms with Gasteiger partial charge in [0.15, 0.2) is 11.5 Å². The third-order valence-electron chi connectivity index (χ3n) is 27.4. The van der Waals surface area contributed by atoms with E-state index in [1.807, 2.05) is 133 Å². The Labute approximate surface area is 793 Å². The van der Waals surface area contributed by atoms with Crippen molar-refractivity contribution in [2.24, 2.45) is 35.3 Å². The van der Waals surface area contributed by atoms with Crippen LogP contribution in [0.3, 0.4) is 0 Å². The molecule has 35 heteroatoms. The maximum Gasteiger partial charge on any atom is 0.355 e. The highest BCUT2D eigenvalue weighted by Gasteiger charge is 2.48. The van der Waals surface area contributed by atoms with E-state index in [4.69, 9.17) is 15.5 Å². The number of carboxylic acid groups (broad SMARTS) is 1. The van der Waals surface area contributed by atoms with E-state index in [9.17, 15) is 53.1 Å². The molecule has 11 aliphatic rings. The van der Waals surface area contributed by atoms with Crippen LogP contribution in [0, 0.1) is 98.8 Å². The Bertz CT molecular complexity index is 6310. The van der Waals surface area contributed by atoms with Crippen LogP contribution < -0.4 is 5.73 Å². The highest BCUT2D eigenvalue weighted by Crippen LogP contribution is 2.48. The number of aromatic nitrogens is 10. The van der Waals surface area contributed by atoms with Crippen molar-refractivity contribution in [3.05, 3.63) is 168 Å². The summed E-state index contributed by atoms with van der Waals surface area (Å²) in [6.45, 7) is 36.4. The summed E-state index contributed by atoms with van der Waals surface area (Å²) in [6.07, 6.45) is 12.0. The van der Waals surface area contributed by atoms with Gasteiger partial charge in [0.2, 0.25) is 0 Å². The molecule has 6 fully saturated rings. The summed E-state index contributed by atoms with van der Waals surface area (Å²) in [7, 11) is 3.38. The molecule has 5 aliphatic carbocycles. The first-order valence-electron chi connectivity index (χ1n) is 46.0. The van der Waals surface area contributed by atoms with E-state index < -0.39 is 11.9 Å². The molecule has 1 saturated heterocycles. The number of amides is 8. The van der Waals surface area contributed by atoms with Crippen LogP contribution in [0.2, 0.25) is 0 Å². The topological polar surface area (TPSA) is 378 Å². The number of ketones is 1. The number of fused-ring (bicyclic) bond motifs is 5. The first-order valence-corrected chi connectivity index (χ1v) is 50.0. The second-order valence-corrected chi connectivity index (χ2v) is 43.3. The smallest absolute Gasteiger partial charge is 0.355 e. The Balaban J connectivity index is 0.000000116. The fourth-order valence-corrected chi connectivity index (χ4v) is 23.6. The van der Waals surface area contributed by atoms with Crippen molar-refractivity contribution >= 4 is 116 Å². The zero-order valence-electron chi connectivity index (χ0n) is 78.5. The predicted molar refractivity (Wildman–Crippen MR) is 509 cm³/mol. The van der Waals surface area contributed by atoms with Gasteiger partial charge in [0.05, 0.1) is 147 Å². The summed E-state index contributed by atoms with van der Waals surface area (Å²) in [5, 5.41) is 14.4. The quantitative estimate of drug-likeness (QED) is 0.0631. The van der Waals surface area contributed by atoms with Crippen LogP contribution in [0.5, 0.6) is 0 Å². The molecule has 21 rings (SSSR count). The minimum absolute atomic E-state index is 0.0348. The molecule has 30 nitrogen and oxygen atoms in total. The third-order valence-corrected chi connectivity index (χ3v) is 32.9.